The molecule has 1 amide bonds. The van der Waals surface area contributed by atoms with Gasteiger partial charge in [0.15, 0.2) is 5.16 Å². The molecule has 37 heavy (non-hydrogen) atoms. The molecule has 0 aliphatic heterocycles. The summed E-state index contributed by atoms with van der Waals surface area (Å²) in [5, 5.41) is 3.15. The number of carbonyl (C=O) groups is 1. The van der Waals surface area contributed by atoms with E-state index in [2.05, 4.69) is 10.3 Å². The number of H-pyrrole nitrogens is 1. The summed E-state index contributed by atoms with van der Waals surface area (Å²) in [5.41, 5.74) is 3.77. The summed E-state index contributed by atoms with van der Waals surface area (Å²) in [6.07, 6.45) is 1.78. The van der Waals surface area contributed by atoms with Crippen molar-refractivity contribution in [1.29, 1.82) is 0 Å². The van der Waals surface area contributed by atoms with Crippen molar-refractivity contribution in [3.63, 3.8) is 0 Å². The Morgan fingerprint density at radius 3 is 2.62 bits per heavy atom. The average Bonchev–Trinajstić information content (AvgIpc) is 3.35. The van der Waals surface area contributed by atoms with E-state index in [9.17, 15) is 14.0 Å². The van der Waals surface area contributed by atoms with Gasteiger partial charge in [0.05, 0.1) is 19.4 Å². The maximum absolute atomic E-state index is 13.6. The Balaban J connectivity index is 1.51. The van der Waals surface area contributed by atoms with E-state index < -0.39 is 0 Å². The lowest BCUT2D eigenvalue weighted by Crippen LogP contribution is -2.25. The van der Waals surface area contributed by atoms with Crippen LogP contribution >= 0.6 is 11.8 Å². The van der Waals surface area contributed by atoms with Crippen LogP contribution in [-0.2, 0) is 11.3 Å². The van der Waals surface area contributed by atoms with Crippen molar-refractivity contribution >= 4 is 34.4 Å². The SMILES string of the molecule is COc1cccc(Cn2c(SCC(=O)Nc3ccc(F)cc3)nc3c(-c4ccccc4)c[nH]c3c2=O)c1. The van der Waals surface area contributed by atoms with Gasteiger partial charge in [-0.3, -0.25) is 14.2 Å². The second kappa shape index (κ2) is 10.7. The molecule has 0 saturated heterocycles. The van der Waals surface area contributed by atoms with Crippen LogP contribution in [0.25, 0.3) is 22.2 Å². The van der Waals surface area contributed by atoms with Gasteiger partial charge in [0.25, 0.3) is 5.56 Å². The van der Waals surface area contributed by atoms with Crippen LogP contribution in [0.15, 0.2) is 95.0 Å². The highest BCUT2D eigenvalue weighted by atomic mass is 32.2. The van der Waals surface area contributed by atoms with Crippen LogP contribution in [0.5, 0.6) is 5.75 Å². The quantitative estimate of drug-likeness (QED) is 0.216. The van der Waals surface area contributed by atoms with E-state index in [1.54, 1.807) is 17.9 Å². The molecule has 7 nitrogen and oxygen atoms in total. The van der Waals surface area contributed by atoms with Gasteiger partial charge in [-0.05, 0) is 47.5 Å². The number of hydrogen-bond donors (Lipinski definition) is 2. The minimum Gasteiger partial charge on any atom is -0.497 e. The molecule has 2 aromatic heterocycles. The van der Waals surface area contributed by atoms with Gasteiger partial charge in [-0.2, -0.15) is 0 Å². The van der Waals surface area contributed by atoms with Gasteiger partial charge in [-0.15, -0.1) is 0 Å². The van der Waals surface area contributed by atoms with Crippen molar-refractivity contribution in [2.24, 2.45) is 0 Å². The molecule has 0 aliphatic carbocycles. The molecule has 0 aliphatic rings. The molecule has 5 aromatic rings. The summed E-state index contributed by atoms with van der Waals surface area (Å²) >= 11 is 1.16. The second-order valence-electron chi connectivity index (χ2n) is 8.27. The number of methoxy groups -OCH3 is 1. The summed E-state index contributed by atoms with van der Waals surface area (Å²) in [4.78, 5) is 34.2. The van der Waals surface area contributed by atoms with Gasteiger partial charge in [-0.1, -0.05) is 54.2 Å². The lowest BCUT2D eigenvalue weighted by Gasteiger charge is -2.13. The van der Waals surface area contributed by atoms with Crippen molar-refractivity contribution in [2.75, 3.05) is 18.2 Å². The zero-order valence-corrected chi connectivity index (χ0v) is 20.7. The highest BCUT2D eigenvalue weighted by Gasteiger charge is 2.18. The van der Waals surface area contributed by atoms with Gasteiger partial charge >= 0.3 is 0 Å². The molecule has 0 fully saturated rings. The monoisotopic (exact) mass is 514 g/mol. The number of hydrogen-bond acceptors (Lipinski definition) is 5. The fourth-order valence-electron chi connectivity index (χ4n) is 3.97. The fourth-order valence-corrected chi connectivity index (χ4v) is 4.77. The number of rotatable bonds is 8. The minimum atomic E-state index is -0.382. The predicted molar refractivity (Wildman–Crippen MR) is 144 cm³/mol. The molecular weight excluding hydrogens is 491 g/mol. The molecule has 186 valence electrons. The number of aromatic nitrogens is 3. The summed E-state index contributed by atoms with van der Waals surface area (Å²) in [5.74, 6) is 0.0144. The van der Waals surface area contributed by atoms with E-state index in [1.807, 2.05) is 54.6 Å². The van der Waals surface area contributed by atoms with Crippen LogP contribution in [0.1, 0.15) is 5.56 Å². The number of amides is 1. The van der Waals surface area contributed by atoms with Crippen LogP contribution in [0.4, 0.5) is 10.1 Å². The number of halogens is 1. The zero-order valence-electron chi connectivity index (χ0n) is 19.9. The number of thioether (sulfide) groups is 1. The van der Waals surface area contributed by atoms with Gasteiger partial charge in [-0.25, -0.2) is 9.37 Å². The number of fused-ring (bicyclic) bond motifs is 1. The number of aromatic amines is 1. The molecule has 0 bridgehead atoms. The maximum Gasteiger partial charge on any atom is 0.278 e. The molecule has 0 unspecified atom stereocenters. The fraction of sp³-hybridized carbons (Fsp3) is 0.107. The summed E-state index contributed by atoms with van der Waals surface area (Å²) in [7, 11) is 1.59. The van der Waals surface area contributed by atoms with Gasteiger partial charge < -0.3 is 15.0 Å². The lowest BCUT2D eigenvalue weighted by molar-refractivity contribution is -0.113. The summed E-state index contributed by atoms with van der Waals surface area (Å²) in [6, 6.07) is 22.7. The average molecular weight is 515 g/mol. The van der Waals surface area contributed by atoms with Crippen molar-refractivity contribution in [1.82, 2.24) is 14.5 Å². The third-order valence-electron chi connectivity index (χ3n) is 5.77. The van der Waals surface area contributed by atoms with E-state index in [-0.39, 0.29) is 29.6 Å². The number of anilines is 1. The van der Waals surface area contributed by atoms with Crippen molar-refractivity contribution in [2.45, 2.75) is 11.7 Å². The maximum atomic E-state index is 13.6. The van der Waals surface area contributed by atoms with Crippen LogP contribution in [0, 0.1) is 5.82 Å². The molecule has 0 saturated carbocycles. The standard InChI is InChI=1S/C28H23FN4O3S/c1-36-22-9-5-6-18(14-22)16-33-27(35)26-25(23(15-30-26)19-7-3-2-4-8-19)32-28(33)37-17-24(34)31-21-12-10-20(29)11-13-21/h2-15,30H,16-17H2,1H3,(H,31,34). The molecule has 2 heterocycles. The third kappa shape index (κ3) is 5.41. The van der Waals surface area contributed by atoms with Crippen molar-refractivity contribution in [3.05, 3.63) is 107 Å². The summed E-state index contributed by atoms with van der Waals surface area (Å²) < 4.78 is 20.1. The minimum absolute atomic E-state index is 0.0124. The van der Waals surface area contributed by atoms with E-state index in [0.29, 0.717) is 27.6 Å². The first-order valence-electron chi connectivity index (χ1n) is 11.5. The van der Waals surface area contributed by atoms with Crippen molar-refractivity contribution < 1.29 is 13.9 Å². The van der Waals surface area contributed by atoms with E-state index in [4.69, 9.17) is 9.72 Å². The van der Waals surface area contributed by atoms with Crippen LogP contribution < -0.4 is 15.6 Å². The first-order valence-corrected chi connectivity index (χ1v) is 12.5. The lowest BCUT2D eigenvalue weighted by atomic mass is 10.1. The van der Waals surface area contributed by atoms with Crippen LogP contribution in [0.3, 0.4) is 0 Å². The van der Waals surface area contributed by atoms with E-state index in [0.717, 1.165) is 28.5 Å². The molecule has 2 N–H and O–H groups in total. The third-order valence-corrected chi connectivity index (χ3v) is 6.75. The molecule has 3 aromatic carbocycles. The highest BCUT2D eigenvalue weighted by molar-refractivity contribution is 7.99. The Morgan fingerprint density at radius 2 is 1.86 bits per heavy atom. The Hall–Kier alpha value is -4.37. The highest BCUT2D eigenvalue weighted by Crippen LogP contribution is 2.28. The van der Waals surface area contributed by atoms with Gasteiger partial charge in [0.2, 0.25) is 5.91 Å². The first kappa shape index (κ1) is 24.3. The molecule has 9 heteroatoms. The Morgan fingerprint density at radius 1 is 1.08 bits per heavy atom. The molecule has 0 radical (unpaired) electrons. The number of nitrogens with zero attached hydrogens (tertiary/aromatic N) is 2. The normalized spacial score (nSPS) is 11.0. The molecule has 0 spiro atoms. The zero-order chi connectivity index (χ0) is 25.8. The largest absolute Gasteiger partial charge is 0.497 e. The summed E-state index contributed by atoms with van der Waals surface area (Å²) in [6.45, 7) is 0.251. The van der Waals surface area contributed by atoms with Crippen LogP contribution in [-0.4, -0.2) is 33.3 Å². The predicted octanol–water partition coefficient (Wildman–Crippen LogP) is 5.32. The Kier molecular flexibility index (Phi) is 7.04. The molecule has 0 atom stereocenters. The van der Waals surface area contributed by atoms with E-state index in [1.165, 1.54) is 24.3 Å². The molecule has 5 rings (SSSR count). The number of ether oxygens (including phenoxy) is 1. The van der Waals surface area contributed by atoms with Gasteiger partial charge in [0.1, 0.15) is 22.6 Å². The van der Waals surface area contributed by atoms with Crippen LogP contribution in [0.2, 0.25) is 0 Å². The topological polar surface area (TPSA) is 89.0 Å². The number of benzene rings is 3. The molecular formula is C28H23FN4O3S. The number of carbonyl (C=O) groups excluding carboxylic acids is 1. The van der Waals surface area contributed by atoms with Gasteiger partial charge in [0, 0.05) is 17.4 Å². The number of nitrogens with one attached hydrogen (secondary N) is 2. The first-order chi connectivity index (χ1) is 18.0. The Bertz CT molecular complexity index is 1610. The van der Waals surface area contributed by atoms with E-state index >= 15 is 0 Å². The Labute approximate surface area is 216 Å². The smallest absolute Gasteiger partial charge is 0.278 e. The second-order valence-corrected chi connectivity index (χ2v) is 9.22. The van der Waals surface area contributed by atoms with Crippen molar-refractivity contribution in [3.8, 4) is 16.9 Å².